The van der Waals surface area contributed by atoms with E-state index in [4.69, 9.17) is 9.47 Å². The lowest BCUT2D eigenvalue weighted by Gasteiger charge is -2.18. The van der Waals surface area contributed by atoms with Gasteiger partial charge in [0.1, 0.15) is 42.1 Å². The number of halogens is 3. The molecule has 0 spiro atoms. The number of ether oxygens (including phenoxy) is 3. The maximum Gasteiger partial charge on any atom is 0.573 e. The number of nitrogens with zero attached hydrogens (tertiary/aromatic N) is 2. The summed E-state index contributed by atoms with van der Waals surface area (Å²) in [5, 5.41) is 0. The minimum Gasteiger partial charge on any atom is -0.486 e. The van der Waals surface area contributed by atoms with Gasteiger partial charge in [-0.2, -0.15) is 0 Å². The summed E-state index contributed by atoms with van der Waals surface area (Å²) < 4.78 is 68.2. The summed E-state index contributed by atoms with van der Waals surface area (Å²) in [6.45, 7) is 4.98. The van der Waals surface area contributed by atoms with Gasteiger partial charge in [-0.15, -0.1) is 13.2 Å². The lowest BCUT2D eigenvalue weighted by atomic mass is 10.1. The smallest absolute Gasteiger partial charge is 0.486 e. The fourth-order valence-corrected chi connectivity index (χ4v) is 4.21. The van der Waals surface area contributed by atoms with E-state index in [0.29, 0.717) is 47.5 Å². The van der Waals surface area contributed by atoms with Crippen molar-refractivity contribution in [3.63, 3.8) is 0 Å². The fourth-order valence-electron chi connectivity index (χ4n) is 3.29. The number of anilines is 1. The highest BCUT2D eigenvalue weighted by atomic mass is 32.2. The van der Waals surface area contributed by atoms with Gasteiger partial charge in [0, 0.05) is 18.7 Å². The van der Waals surface area contributed by atoms with Crippen molar-refractivity contribution in [3.8, 4) is 17.2 Å². The number of hydrogen-bond acceptors (Lipinski definition) is 6. The lowest BCUT2D eigenvalue weighted by molar-refractivity contribution is -0.274. The number of hydrazine groups is 1. The molecule has 3 N–H and O–H groups in total. The van der Waals surface area contributed by atoms with Crippen molar-refractivity contribution in [2.75, 3.05) is 25.0 Å². The molecular weight excluding hydrogens is 535 g/mol. The van der Waals surface area contributed by atoms with E-state index in [1.54, 1.807) is 49.5 Å². The largest absolute Gasteiger partial charge is 0.573 e. The summed E-state index contributed by atoms with van der Waals surface area (Å²) in [6, 6.07) is 17.1. The van der Waals surface area contributed by atoms with Crippen LogP contribution in [0.2, 0.25) is 0 Å². The van der Waals surface area contributed by atoms with Gasteiger partial charge in [-0.1, -0.05) is 32.0 Å². The van der Waals surface area contributed by atoms with Gasteiger partial charge in [-0.25, -0.2) is 9.20 Å². The van der Waals surface area contributed by atoms with E-state index >= 15 is 0 Å². The molecule has 39 heavy (non-hydrogen) atoms. The van der Waals surface area contributed by atoms with Gasteiger partial charge in [0.05, 0.1) is 16.3 Å². The molecule has 1 aliphatic rings. The first-order valence-electron chi connectivity index (χ1n) is 11.9. The van der Waals surface area contributed by atoms with Crippen molar-refractivity contribution in [1.29, 1.82) is 0 Å². The SMILES string of the molecule is CC.CN=C(NNC=Nc1ccc2c(c1)OCCO2)c1ccccc1NS(=O)c1cccc(OC(F)(F)F)c1. The highest BCUT2D eigenvalue weighted by Crippen LogP contribution is 2.33. The van der Waals surface area contributed by atoms with E-state index < -0.39 is 23.1 Å². The van der Waals surface area contributed by atoms with Gasteiger partial charge in [-0.3, -0.25) is 15.8 Å². The maximum absolute atomic E-state index is 12.9. The Kier molecular flexibility index (Phi) is 10.6. The molecule has 0 aromatic heterocycles. The van der Waals surface area contributed by atoms with Gasteiger partial charge < -0.3 is 18.9 Å². The van der Waals surface area contributed by atoms with Crippen molar-refractivity contribution >= 4 is 34.5 Å². The molecule has 3 aromatic carbocycles. The minimum absolute atomic E-state index is 0.101. The standard InChI is InChI=1S/C24H22F3N5O4S.C2H6/c1-28-23(31-30-15-29-16-9-10-21-22(13-16)35-12-11-34-21)19-7-2-3-8-20(19)32-37(33)18-6-4-5-17(14-18)36-24(25,26)27;1-2/h2-10,13-15,32H,11-12H2,1H3,(H,28,31)(H,29,30);1-2H3. The third-order valence-corrected chi connectivity index (χ3v) is 5.94. The van der Waals surface area contributed by atoms with Gasteiger partial charge in [0.2, 0.25) is 0 Å². The second-order valence-corrected chi connectivity index (χ2v) is 8.58. The van der Waals surface area contributed by atoms with Crippen LogP contribution in [-0.2, 0) is 11.0 Å². The van der Waals surface area contributed by atoms with E-state index in [9.17, 15) is 17.4 Å². The number of nitrogens with one attached hydrogen (secondary N) is 3. The van der Waals surface area contributed by atoms with Crippen LogP contribution in [0.5, 0.6) is 17.2 Å². The Balaban J connectivity index is 0.00000205. The van der Waals surface area contributed by atoms with E-state index in [0.717, 1.165) is 12.1 Å². The molecule has 0 aliphatic carbocycles. The van der Waals surface area contributed by atoms with Gasteiger partial charge in [-0.05, 0) is 42.5 Å². The topological polar surface area (TPSA) is 106 Å². The van der Waals surface area contributed by atoms with Crippen LogP contribution in [0.1, 0.15) is 19.4 Å². The average molecular weight is 564 g/mol. The number of fused-ring (bicyclic) bond motifs is 1. The molecule has 0 amide bonds. The molecule has 1 aliphatic heterocycles. The number of benzene rings is 3. The summed E-state index contributed by atoms with van der Waals surface area (Å²) in [6.07, 6.45) is -3.42. The monoisotopic (exact) mass is 563 g/mol. The lowest BCUT2D eigenvalue weighted by Crippen LogP contribution is -2.37. The molecule has 1 heterocycles. The number of rotatable bonds is 8. The Bertz CT molecular complexity index is 1330. The number of amidine groups is 1. The van der Waals surface area contributed by atoms with Crippen molar-refractivity contribution in [2.24, 2.45) is 9.98 Å². The van der Waals surface area contributed by atoms with Crippen LogP contribution in [0.15, 0.2) is 81.6 Å². The van der Waals surface area contributed by atoms with Gasteiger partial charge >= 0.3 is 6.36 Å². The molecule has 0 radical (unpaired) electrons. The van der Waals surface area contributed by atoms with Crippen molar-refractivity contribution in [2.45, 2.75) is 25.1 Å². The van der Waals surface area contributed by atoms with Crippen LogP contribution in [0.25, 0.3) is 0 Å². The summed E-state index contributed by atoms with van der Waals surface area (Å²) >= 11 is 0. The molecule has 0 saturated heterocycles. The fraction of sp³-hybridized carbons (Fsp3) is 0.231. The quantitative estimate of drug-likeness (QED) is 0.194. The highest BCUT2D eigenvalue weighted by molar-refractivity contribution is 7.86. The first kappa shape index (κ1) is 29.3. The van der Waals surface area contributed by atoms with Crippen LogP contribution in [0.4, 0.5) is 24.5 Å². The van der Waals surface area contributed by atoms with Crippen LogP contribution in [0.3, 0.4) is 0 Å². The zero-order valence-electron chi connectivity index (χ0n) is 21.4. The van der Waals surface area contributed by atoms with Crippen LogP contribution in [-0.4, -0.2) is 43.0 Å². The Morgan fingerprint density at radius 1 is 1.00 bits per heavy atom. The second-order valence-electron chi connectivity index (χ2n) is 7.37. The third kappa shape index (κ3) is 8.64. The maximum atomic E-state index is 12.9. The highest BCUT2D eigenvalue weighted by Gasteiger charge is 2.31. The molecule has 4 rings (SSSR count). The first-order chi connectivity index (χ1) is 18.8. The van der Waals surface area contributed by atoms with Crippen LogP contribution in [0, 0.1) is 0 Å². The number of hydrogen-bond donors (Lipinski definition) is 3. The molecule has 0 saturated carbocycles. The third-order valence-electron chi connectivity index (χ3n) is 4.86. The Morgan fingerprint density at radius 3 is 2.49 bits per heavy atom. The van der Waals surface area contributed by atoms with E-state index in [-0.39, 0.29) is 4.90 Å². The van der Waals surface area contributed by atoms with Crippen molar-refractivity contribution in [1.82, 2.24) is 10.9 Å². The zero-order valence-corrected chi connectivity index (χ0v) is 22.2. The van der Waals surface area contributed by atoms with E-state index in [2.05, 4.69) is 30.3 Å². The van der Waals surface area contributed by atoms with Gasteiger partial charge in [0.15, 0.2) is 11.5 Å². The molecule has 3 aromatic rings. The number of aliphatic imine (C=N–C) groups is 2. The number of para-hydroxylation sites is 1. The second kappa shape index (κ2) is 14.0. The van der Waals surface area contributed by atoms with Crippen molar-refractivity contribution < 1.29 is 31.6 Å². The van der Waals surface area contributed by atoms with Gasteiger partial charge in [0.25, 0.3) is 0 Å². The summed E-state index contributed by atoms with van der Waals surface area (Å²) in [5.74, 6) is 1.21. The van der Waals surface area contributed by atoms with Crippen molar-refractivity contribution in [3.05, 3.63) is 72.3 Å². The normalized spacial score (nSPS) is 13.6. The zero-order chi connectivity index (χ0) is 28.3. The molecule has 208 valence electrons. The minimum atomic E-state index is -4.85. The predicted octanol–water partition coefficient (Wildman–Crippen LogP) is 5.35. The number of alkyl halides is 3. The van der Waals surface area contributed by atoms with Crippen LogP contribution < -0.4 is 29.8 Å². The van der Waals surface area contributed by atoms with Crippen LogP contribution >= 0.6 is 0 Å². The molecule has 9 nitrogen and oxygen atoms in total. The summed E-state index contributed by atoms with van der Waals surface area (Å²) in [5.41, 5.74) is 7.38. The Morgan fingerprint density at radius 2 is 1.74 bits per heavy atom. The molecule has 0 fully saturated rings. The summed E-state index contributed by atoms with van der Waals surface area (Å²) in [7, 11) is -0.321. The Hall–Kier alpha value is -4.26. The Labute approximate surface area is 226 Å². The molecule has 1 unspecified atom stereocenters. The molecular formula is C26H28F3N5O4S. The molecule has 13 heteroatoms. The summed E-state index contributed by atoms with van der Waals surface area (Å²) in [4.78, 5) is 8.63. The van der Waals surface area contributed by atoms with E-state index in [1.807, 2.05) is 13.8 Å². The average Bonchev–Trinajstić information content (AvgIpc) is 2.94. The molecule has 1 atom stereocenters. The predicted molar refractivity (Wildman–Crippen MR) is 145 cm³/mol. The molecule has 0 bridgehead atoms. The first-order valence-corrected chi connectivity index (χ1v) is 13.0. The van der Waals surface area contributed by atoms with E-state index in [1.165, 1.54) is 18.5 Å².